The summed E-state index contributed by atoms with van der Waals surface area (Å²) in [5.74, 6) is -0.0927. The number of aromatic nitrogens is 1. The van der Waals surface area contributed by atoms with Crippen molar-refractivity contribution in [3.8, 4) is 28.0 Å². The van der Waals surface area contributed by atoms with E-state index < -0.39 is 46.9 Å². The van der Waals surface area contributed by atoms with Gasteiger partial charge in [-0.25, -0.2) is 4.98 Å². The van der Waals surface area contributed by atoms with E-state index in [4.69, 9.17) is 31.2 Å². The molecule has 3 amide bonds. The highest BCUT2D eigenvalue weighted by Crippen LogP contribution is 2.41. The van der Waals surface area contributed by atoms with Crippen molar-refractivity contribution < 1.29 is 56.4 Å². The Morgan fingerprint density at radius 3 is 2.14 bits per heavy atom. The first-order valence-corrected chi connectivity index (χ1v) is 28.8. The predicted molar refractivity (Wildman–Crippen MR) is 306 cm³/mol. The number of carbonyl (C=O) groups is 4. The summed E-state index contributed by atoms with van der Waals surface area (Å²) < 4.78 is 65.3. The maximum atomic E-state index is 14.3. The van der Waals surface area contributed by atoms with E-state index in [1.807, 2.05) is 62.7 Å². The standard InChI is InChI=1S/C61H69F3N6O9S2/c1-39(2)54(68-36-44-14-6-7-15-49(44)56(68)73)57(74)67-37-47(71)34-51(67)52(72)25-19-41-16-17-42(55-40(3)66-38-81-55)32-53(41)79-31-13-11-29-77-27-9-8-26-76-28-10-12-30-78-48-23-21-45(22-24-48)70-59(80)69(58(75)60(70,4)5)46-20-18-43(35-65)50(33-46)61(62,63)64/h6-7,14-18,20-24,32-33,38-39,47,51,54,71H,8-13,19,25-31,34,36-37H2,1-5H3/t47-,51+,54+/m1/s1. The van der Waals surface area contributed by atoms with E-state index in [2.05, 4.69) is 4.98 Å². The molecule has 4 heterocycles. The molecule has 430 valence electrons. The number of likely N-dealkylation sites (tertiary alicyclic amines) is 1. The SMILES string of the molecule is Cc1ncsc1-c1ccc(CCC(=O)[C@@H]2C[C@@H](O)CN2C(=O)[C@H](C(C)C)N2Cc3ccccc3C2=O)c(OCCCCOCCCCOCCCCOc2ccc(N3C(=S)N(c4ccc(C#N)c(C(F)(F)F)c4)C(=O)C3(C)C)cc2)c1. The molecule has 0 bridgehead atoms. The second kappa shape index (κ2) is 26.9. The zero-order valence-electron chi connectivity index (χ0n) is 46.3. The highest BCUT2D eigenvalue weighted by molar-refractivity contribution is 7.81. The van der Waals surface area contributed by atoms with Crippen LogP contribution in [0.1, 0.15) is 117 Å². The Morgan fingerprint density at radius 2 is 1.52 bits per heavy atom. The highest BCUT2D eigenvalue weighted by Gasteiger charge is 2.51. The number of aliphatic hydroxyl groups is 1. The number of carbonyl (C=O) groups excluding carboxylic acids is 4. The highest BCUT2D eigenvalue weighted by atomic mass is 32.1. The molecular formula is C61H69F3N6O9S2. The molecule has 0 radical (unpaired) electrons. The van der Waals surface area contributed by atoms with Crippen LogP contribution in [0.25, 0.3) is 10.4 Å². The van der Waals surface area contributed by atoms with Gasteiger partial charge in [-0.05, 0) is 155 Å². The quantitative estimate of drug-likeness (QED) is 0.0389. The number of nitriles is 1. The molecule has 1 N–H and O–H groups in total. The number of thiocarbonyl (C=S) groups is 1. The molecule has 0 unspecified atom stereocenters. The third-order valence-electron chi connectivity index (χ3n) is 14.9. The van der Waals surface area contributed by atoms with Crippen LogP contribution in [0.15, 0.2) is 90.4 Å². The third kappa shape index (κ3) is 14.1. The number of anilines is 2. The molecule has 20 heteroatoms. The van der Waals surface area contributed by atoms with Gasteiger partial charge in [0.05, 0.1) is 64.3 Å². The number of halogens is 3. The molecule has 8 rings (SSSR count). The van der Waals surface area contributed by atoms with Crippen molar-refractivity contribution in [2.75, 3.05) is 56.0 Å². The number of aliphatic hydroxyl groups excluding tert-OH is 1. The summed E-state index contributed by atoms with van der Waals surface area (Å²) in [6.45, 7) is 12.7. The molecule has 3 aliphatic rings. The van der Waals surface area contributed by atoms with Gasteiger partial charge in [-0.3, -0.25) is 24.1 Å². The molecule has 2 saturated heterocycles. The summed E-state index contributed by atoms with van der Waals surface area (Å²) >= 11 is 7.20. The average Bonchev–Trinajstić information content (AvgIpc) is 4.39. The van der Waals surface area contributed by atoms with Crippen LogP contribution in [-0.4, -0.2) is 118 Å². The van der Waals surface area contributed by atoms with Crippen LogP contribution in [0.2, 0.25) is 0 Å². The van der Waals surface area contributed by atoms with Gasteiger partial charge < -0.3 is 38.8 Å². The lowest BCUT2D eigenvalue weighted by Gasteiger charge is -2.35. The molecule has 4 aromatic carbocycles. The fourth-order valence-corrected chi connectivity index (χ4v) is 11.9. The van der Waals surface area contributed by atoms with Gasteiger partial charge in [0.15, 0.2) is 10.9 Å². The molecule has 3 aliphatic heterocycles. The fourth-order valence-electron chi connectivity index (χ4n) is 10.6. The molecule has 3 atom stereocenters. The minimum Gasteiger partial charge on any atom is -0.494 e. The summed E-state index contributed by atoms with van der Waals surface area (Å²) in [5.41, 5.74) is 3.62. The smallest absolute Gasteiger partial charge is 0.417 e. The van der Waals surface area contributed by atoms with Crippen molar-refractivity contribution in [3.05, 3.63) is 124 Å². The van der Waals surface area contributed by atoms with E-state index in [0.717, 1.165) is 82.8 Å². The summed E-state index contributed by atoms with van der Waals surface area (Å²) in [7, 11) is 0. The number of β-amino-alcohol motifs (C(OH)–C–C–N with tert-alkyl or cyclic N) is 1. The van der Waals surface area contributed by atoms with E-state index >= 15 is 0 Å². The number of hydrogen-bond acceptors (Lipinski definition) is 13. The number of nitrogens with zero attached hydrogens (tertiary/aromatic N) is 6. The van der Waals surface area contributed by atoms with E-state index in [1.165, 1.54) is 11.0 Å². The van der Waals surface area contributed by atoms with Gasteiger partial charge in [0.1, 0.15) is 23.1 Å². The Balaban J connectivity index is 0.710. The van der Waals surface area contributed by atoms with Gasteiger partial charge in [0.2, 0.25) is 5.91 Å². The van der Waals surface area contributed by atoms with E-state index in [1.54, 1.807) is 71.4 Å². The molecule has 0 spiro atoms. The number of ketones is 1. The van der Waals surface area contributed by atoms with Gasteiger partial charge in [0.25, 0.3) is 11.8 Å². The number of rotatable bonds is 27. The zero-order valence-corrected chi connectivity index (χ0v) is 48.0. The van der Waals surface area contributed by atoms with Crippen LogP contribution in [0.5, 0.6) is 11.5 Å². The molecule has 1 aromatic heterocycles. The number of thiazole rings is 1. The second-order valence-corrected chi connectivity index (χ2v) is 22.6. The summed E-state index contributed by atoms with van der Waals surface area (Å²) in [6, 6.07) is 23.4. The van der Waals surface area contributed by atoms with Crippen LogP contribution in [-0.2, 0) is 43.0 Å². The number of Topliss-reactive ketones (excluding diaryl/α,β-unsaturated/α-hetero) is 1. The summed E-state index contributed by atoms with van der Waals surface area (Å²) in [6.07, 6.45) is -0.125. The minimum absolute atomic E-state index is 0.0138. The average molecular weight is 1150 g/mol. The number of amides is 3. The maximum absolute atomic E-state index is 14.3. The van der Waals surface area contributed by atoms with Crippen molar-refractivity contribution in [3.63, 3.8) is 0 Å². The number of benzene rings is 4. The number of aryl methyl sites for hydroxylation is 2. The first-order valence-electron chi connectivity index (χ1n) is 27.5. The first kappa shape index (κ1) is 60.3. The Bertz CT molecular complexity index is 3110. The van der Waals surface area contributed by atoms with Gasteiger partial charge >= 0.3 is 6.18 Å². The Labute approximate surface area is 480 Å². The van der Waals surface area contributed by atoms with Gasteiger partial charge in [-0.15, -0.1) is 11.3 Å². The van der Waals surface area contributed by atoms with Crippen molar-refractivity contribution >= 4 is 63.5 Å². The van der Waals surface area contributed by atoms with Gasteiger partial charge in [-0.1, -0.05) is 44.2 Å². The van der Waals surface area contributed by atoms with Crippen LogP contribution in [0.3, 0.4) is 0 Å². The fraction of sp³-hybridized carbons (Fsp3) is 0.459. The second-order valence-electron chi connectivity index (χ2n) is 21.4. The lowest BCUT2D eigenvalue weighted by Crippen LogP contribution is -2.54. The van der Waals surface area contributed by atoms with Gasteiger partial charge in [0, 0.05) is 63.6 Å². The molecule has 5 aromatic rings. The molecule has 2 fully saturated rings. The van der Waals surface area contributed by atoms with Crippen LogP contribution < -0.4 is 19.3 Å². The topological polar surface area (TPSA) is 175 Å². The Hall–Kier alpha value is -6.76. The van der Waals surface area contributed by atoms with Crippen molar-refractivity contribution in [1.29, 1.82) is 5.26 Å². The largest absolute Gasteiger partial charge is 0.494 e. The lowest BCUT2D eigenvalue weighted by atomic mass is 9.97. The van der Waals surface area contributed by atoms with E-state index in [0.29, 0.717) is 75.4 Å². The number of fused-ring (bicyclic) bond motifs is 1. The van der Waals surface area contributed by atoms with Crippen molar-refractivity contribution in [2.45, 2.75) is 129 Å². The van der Waals surface area contributed by atoms with Crippen LogP contribution in [0, 0.1) is 24.2 Å². The molecular weight excluding hydrogens is 1080 g/mol. The molecule has 0 aliphatic carbocycles. The number of hydrogen-bond donors (Lipinski definition) is 1. The van der Waals surface area contributed by atoms with Gasteiger partial charge in [-0.2, -0.15) is 18.4 Å². The monoisotopic (exact) mass is 1150 g/mol. The Morgan fingerprint density at radius 1 is 0.877 bits per heavy atom. The predicted octanol–water partition coefficient (Wildman–Crippen LogP) is 10.9. The Kier molecular flexibility index (Phi) is 20.0. The van der Waals surface area contributed by atoms with E-state index in [-0.39, 0.29) is 53.7 Å². The van der Waals surface area contributed by atoms with Crippen LogP contribution >= 0.6 is 23.6 Å². The number of ether oxygens (including phenoxy) is 4. The lowest BCUT2D eigenvalue weighted by molar-refractivity contribution is -0.142. The normalized spacial score (nSPS) is 17.3. The summed E-state index contributed by atoms with van der Waals surface area (Å²) in [5, 5.41) is 20.0. The zero-order chi connectivity index (χ0) is 58.0. The van der Waals surface area contributed by atoms with Crippen LogP contribution in [0.4, 0.5) is 24.5 Å². The van der Waals surface area contributed by atoms with Crippen molar-refractivity contribution in [1.82, 2.24) is 14.8 Å². The number of unbranched alkanes of at least 4 members (excludes halogenated alkanes) is 3. The van der Waals surface area contributed by atoms with E-state index in [9.17, 15) is 42.7 Å². The minimum atomic E-state index is -4.79. The number of alkyl halides is 3. The molecule has 81 heavy (non-hydrogen) atoms. The third-order valence-corrected chi connectivity index (χ3v) is 16.2. The molecule has 0 saturated carbocycles. The summed E-state index contributed by atoms with van der Waals surface area (Å²) in [4.78, 5) is 66.6. The molecule has 15 nitrogen and oxygen atoms in total. The first-order chi connectivity index (χ1) is 38.8. The van der Waals surface area contributed by atoms with Crippen molar-refractivity contribution in [2.24, 2.45) is 5.92 Å². The maximum Gasteiger partial charge on any atom is 0.417 e.